The second-order valence-electron chi connectivity index (χ2n) is 28.4. The van der Waals surface area contributed by atoms with Gasteiger partial charge in [-0.15, -0.1) is 0 Å². The highest BCUT2D eigenvalue weighted by Gasteiger charge is 2.30. The van der Waals surface area contributed by atoms with Gasteiger partial charge in [-0.05, 0) is 89.9 Å². The van der Waals surface area contributed by atoms with Crippen molar-refractivity contribution < 1.29 is 80.2 Å². The van der Waals surface area contributed by atoms with Crippen LogP contribution in [0.4, 0.5) is 0 Å². The number of carbonyl (C=O) groups excluding carboxylic acids is 4. The maximum atomic E-state index is 13.1. The third-order valence-corrected chi connectivity index (χ3v) is 20.1. The molecular formula is C85H154O17P2. The summed E-state index contributed by atoms with van der Waals surface area (Å²) in [7, 11) is -9.97. The Kier molecular flexibility index (Phi) is 75.0. The van der Waals surface area contributed by atoms with Crippen LogP contribution in [0.1, 0.15) is 387 Å². The van der Waals surface area contributed by atoms with Gasteiger partial charge in [0.15, 0.2) is 12.2 Å². The topological polar surface area (TPSA) is 237 Å². The number of aliphatic hydroxyl groups is 1. The second kappa shape index (κ2) is 77.7. The summed E-state index contributed by atoms with van der Waals surface area (Å²) in [5.41, 5.74) is 0. The van der Waals surface area contributed by atoms with Gasteiger partial charge in [-0.25, -0.2) is 9.13 Å². The van der Waals surface area contributed by atoms with E-state index in [0.717, 1.165) is 109 Å². The number of carbonyl (C=O) groups is 4. The zero-order valence-electron chi connectivity index (χ0n) is 66.5. The summed E-state index contributed by atoms with van der Waals surface area (Å²) in [6.07, 6.45) is 80.2. The molecule has 0 amide bonds. The molecule has 0 rings (SSSR count). The highest BCUT2D eigenvalue weighted by atomic mass is 31.2. The highest BCUT2D eigenvalue weighted by molar-refractivity contribution is 7.47. The third kappa shape index (κ3) is 76.7. The zero-order valence-corrected chi connectivity index (χ0v) is 68.2. The van der Waals surface area contributed by atoms with Crippen LogP contribution >= 0.6 is 15.6 Å². The first-order chi connectivity index (χ1) is 50.7. The van der Waals surface area contributed by atoms with Crippen molar-refractivity contribution in [3.63, 3.8) is 0 Å². The van der Waals surface area contributed by atoms with Crippen molar-refractivity contribution in [1.82, 2.24) is 0 Å². The molecule has 0 saturated heterocycles. The molecule has 0 aromatic carbocycles. The van der Waals surface area contributed by atoms with Crippen LogP contribution in [0, 0.1) is 0 Å². The number of aliphatic hydroxyl groups excluding tert-OH is 1. The van der Waals surface area contributed by atoms with E-state index >= 15 is 0 Å². The normalized spacial score (nSPS) is 14.2. The van der Waals surface area contributed by atoms with E-state index in [9.17, 15) is 43.2 Å². The van der Waals surface area contributed by atoms with Gasteiger partial charge < -0.3 is 33.8 Å². The first-order valence-corrected chi connectivity index (χ1v) is 45.2. The molecule has 0 aromatic heterocycles. The Bertz CT molecular complexity index is 2250. The summed E-state index contributed by atoms with van der Waals surface area (Å²) in [4.78, 5) is 73.1. The van der Waals surface area contributed by atoms with E-state index < -0.39 is 97.5 Å². The number of phosphoric ester groups is 2. The molecule has 606 valence electrons. The molecule has 0 aliphatic rings. The smallest absolute Gasteiger partial charge is 0.462 e. The van der Waals surface area contributed by atoms with Gasteiger partial charge in [0.25, 0.3) is 0 Å². The molecule has 0 aliphatic heterocycles. The number of hydrogen-bond donors (Lipinski definition) is 3. The monoisotopic (exact) mass is 1510 g/mol. The van der Waals surface area contributed by atoms with Gasteiger partial charge >= 0.3 is 39.5 Å². The van der Waals surface area contributed by atoms with Gasteiger partial charge in [0.1, 0.15) is 19.3 Å². The largest absolute Gasteiger partial charge is 0.472 e. The van der Waals surface area contributed by atoms with Crippen molar-refractivity contribution >= 4 is 39.5 Å². The molecule has 3 N–H and O–H groups in total. The van der Waals surface area contributed by atoms with E-state index in [2.05, 4.69) is 88.5 Å². The molecule has 5 atom stereocenters. The maximum Gasteiger partial charge on any atom is 0.472 e. The average Bonchev–Trinajstić information content (AvgIpc) is 0.918. The van der Waals surface area contributed by atoms with E-state index in [1.165, 1.54) is 193 Å². The number of esters is 4. The minimum Gasteiger partial charge on any atom is -0.462 e. The SMILES string of the molecule is CCCCC/C=C\C/C=C\C/C=C\C/C=C\C/C=C\CCC(=O)OC[C@H](COP(=O)(O)OC[C@@H](O)COP(=O)(O)OC[C@@H](COC(=O)CCCCCCCCCCCCCCCCC)OC(=O)CCCCCCC/C=C\CCCCCCCC)OC(=O)CCCCCCCCCCCCCCCCC. The van der Waals surface area contributed by atoms with Gasteiger partial charge in [0, 0.05) is 25.7 Å². The van der Waals surface area contributed by atoms with E-state index in [0.29, 0.717) is 32.1 Å². The number of unbranched alkanes of at least 4 members (excludes halogenated alkanes) is 42. The number of phosphoric acid groups is 2. The zero-order chi connectivity index (χ0) is 76.0. The van der Waals surface area contributed by atoms with Gasteiger partial charge in [0.2, 0.25) is 0 Å². The Balaban J connectivity index is 5.39. The first kappa shape index (κ1) is 100. The second-order valence-corrected chi connectivity index (χ2v) is 31.3. The van der Waals surface area contributed by atoms with Gasteiger partial charge in [-0.3, -0.25) is 37.3 Å². The molecule has 0 fully saturated rings. The minimum absolute atomic E-state index is 0.0422. The lowest BCUT2D eigenvalue weighted by molar-refractivity contribution is -0.161. The predicted molar refractivity (Wildman–Crippen MR) is 427 cm³/mol. The fraction of sp³-hybridized carbons (Fsp3) is 0.812. The molecule has 17 nitrogen and oxygen atoms in total. The number of hydrogen-bond acceptors (Lipinski definition) is 15. The minimum atomic E-state index is -4.99. The van der Waals surface area contributed by atoms with E-state index in [1.54, 1.807) is 0 Å². The maximum absolute atomic E-state index is 13.1. The number of rotatable bonds is 80. The van der Waals surface area contributed by atoms with E-state index in [4.69, 9.17) is 37.0 Å². The summed E-state index contributed by atoms with van der Waals surface area (Å²) in [6.45, 7) is 4.84. The highest BCUT2D eigenvalue weighted by Crippen LogP contribution is 2.45. The van der Waals surface area contributed by atoms with Crippen LogP contribution < -0.4 is 0 Å². The molecule has 0 bridgehead atoms. The van der Waals surface area contributed by atoms with Crippen LogP contribution in [0.2, 0.25) is 0 Å². The molecule has 0 spiro atoms. The van der Waals surface area contributed by atoms with Crippen molar-refractivity contribution in [2.75, 3.05) is 39.6 Å². The molecule has 0 saturated carbocycles. The molecule has 104 heavy (non-hydrogen) atoms. The van der Waals surface area contributed by atoms with E-state index in [-0.39, 0.29) is 25.7 Å². The van der Waals surface area contributed by atoms with Gasteiger partial charge in [-0.1, -0.05) is 345 Å². The first-order valence-electron chi connectivity index (χ1n) is 42.2. The Hall–Kier alpha value is -3.50. The Morgan fingerprint density at radius 1 is 0.269 bits per heavy atom. The lowest BCUT2D eigenvalue weighted by Crippen LogP contribution is -2.30. The number of ether oxygens (including phenoxy) is 4. The fourth-order valence-electron chi connectivity index (χ4n) is 11.7. The third-order valence-electron chi connectivity index (χ3n) is 18.2. The van der Waals surface area contributed by atoms with Gasteiger partial charge in [0.05, 0.1) is 26.4 Å². The fourth-order valence-corrected chi connectivity index (χ4v) is 13.3. The van der Waals surface area contributed by atoms with Crippen molar-refractivity contribution in [3.8, 4) is 0 Å². The molecule has 0 aromatic rings. The summed E-state index contributed by atoms with van der Waals surface area (Å²) in [5, 5.41) is 10.7. The van der Waals surface area contributed by atoms with Crippen molar-refractivity contribution in [1.29, 1.82) is 0 Å². The Labute approximate surface area is 634 Å². The average molecular weight is 1510 g/mol. The lowest BCUT2D eigenvalue weighted by Gasteiger charge is -2.21. The summed E-state index contributed by atoms with van der Waals surface area (Å²) in [5.74, 6) is -2.24. The van der Waals surface area contributed by atoms with Crippen LogP contribution in [0.25, 0.3) is 0 Å². The predicted octanol–water partition coefficient (Wildman–Crippen LogP) is 24.8. The quantitative estimate of drug-likeness (QED) is 0.0169. The van der Waals surface area contributed by atoms with Crippen LogP contribution in [0.15, 0.2) is 72.9 Å². The summed E-state index contributed by atoms with van der Waals surface area (Å²) in [6, 6.07) is 0. The van der Waals surface area contributed by atoms with Crippen LogP contribution in [0.3, 0.4) is 0 Å². The van der Waals surface area contributed by atoms with Crippen molar-refractivity contribution in [2.45, 2.75) is 406 Å². The van der Waals surface area contributed by atoms with Crippen LogP contribution in [0.5, 0.6) is 0 Å². The number of allylic oxidation sites excluding steroid dienone is 12. The Morgan fingerprint density at radius 2 is 0.490 bits per heavy atom. The van der Waals surface area contributed by atoms with Crippen LogP contribution in [-0.4, -0.2) is 96.7 Å². The van der Waals surface area contributed by atoms with Crippen LogP contribution in [-0.2, 0) is 65.4 Å². The van der Waals surface area contributed by atoms with E-state index in [1.807, 2.05) is 12.2 Å². The molecule has 0 radical (unpaired) electrons. The van der Waals surface area contributed by atoms with Crippen molar-refractivity contribution in [3.05, 3.63) is 72.9 Å². The Morgan fingerprint density at radius 3 is 0.808 bits per heavy atom. The standard InChI is InChI=1S/C85H154O17P2/c1-5-9-13-17-21-25-29-33-37-38-39-40-44-46-50-54-58-62-66-70-83(88)96-76-81(102-85(90)72-68-64-60-56-52-48-43-36-32-28-24-20-16-12-8-4)78-100-104(93,94)98-74-79(86)73-97-103(91,92)99-77-80(101-84(89)71-67-63-59-55-51-47-42-35-31-27-23-19-15-11-7-3)75-95-82(87)69-65-61-57-53-49-45-41-34-30-26-22-18-14-10-6-2/h21,25,33,35,37,39-40,42,46,50,58,62,79-81,86H,5-20,22-24,26-32,34,36,38,41,43-45,47-49,51-57,59-61,63-78H2,1-4H3,(H,91,92)(H,93,94)/b25-21-,37-33-,40-39-,42-35-,50-46-,62-58-/t79-,80+,81+/m0/s1. The van der Waals surface area contributed by atoms with Gasteiger partial charge in [-0.2, -0.15) is 0 Å². The molecule has 2 unspecified atom stereocenters. The lowest BCUT2D eigenvalue weighted by atomic mass is 10.0. The summed E-state index contributed by atoms with van der Waals surface area (Å²) < 4.78 is 68.7. The molecule has 0 heterocycles. The molecule has 0 aliphatic carbocycles. The van der Waals surface area contributed by atoms with Crippen molar-refractivity contribution in [2.24, 2.45) is 0 Å². The summed E-state index contributed by atoms with van der Waals surface area (Å²) >= 11 is 0. The molecular weight excluding hydrogens is 1350 g/mol. The molecule has 19 heteroatoms.